The van der Waals surface area contributed by atoms with Gasteiger partial charge in [-0.2, -0.15) is 18.6 Å². The van der Waals surface area contributed by atoms with Crippen molar-refractivity contribution in [3.05, 3.63) is 141 Å². The molecule has 0 N–H and O–H groups in total. The third-order valence-electron chi connectivity index (χ3n) is 8.52. The van der Waals surface area contributed by atoms with Crippen LogP contribution in [-0.2, 0) is 22.4 Å². The number of ether oxygens (including phenoxy) is 1. The molecule has 0 unspecified atom stereocenters. The van der Waals surface area contributed by atoms with Crippen LogP contribution in [0.1, 0.15) is 45.5 Å². The predicted molar refractivity (Wildman–Crippen MR) is 182 cm³/mol. The highest BCUT2D eigenvalue weighted by Gasteiger charge is 2.51. The summed E-state index contributed by atoms with van der Waals surface area (Å²) >= 11 is 12.7. The Morgan fingerprint density at radius 3 is 2.44 bits per heavy atom. The van der Waals surface area contributed by atoms with Gasteiger partial charge in [-0.25, -0.2) is 14.4 Å². The number of fused-ring (bicyclic) bond motifs is 3. The number of aromatic nitrogens is 2. The molecule has 0 bridgehead atoms. The molecule has 0 spiro atoms. The molecule has 2 amide bonds. The van der Waals surface area contributed by atoms with Gasteiger partial charge in [0.05, 0.1) is 33.0 Å². The standard InChI is InChI=1S/C36H29Cl2N3O3.H2S/c1-21-10-13-27(14-11-21)41-32(25-12-15-30(37)31(38)17-25)20-26(39-41)19-29(23-8-5-6-22(2)16-23)35(42)40-34-28-9-4-3-7-24(28)18-33(34)44-36(40)43;/h3-17,20,29,33-34H,18-19H2,1-2H3;1H2/t29-,33+,34-;/m0./s1. The topological polar surface area (TPSA) is 64.4 Å². The van der Waals surface area contributed by atoms with E-state index in [0.717, 1.165) is 44.8 Å². The summed E-state index contributed by atoms with van der Waals surface area (Å²) in [6.07, 6.45) is -0.111. The minimum Gasteiger partial charge on any atom is -0.443 e. The largest absolute Gasteiger partial charge is 0.443 e. The van der Waals surface area contributed by atoms with Crippen LogP contribution in [0.25, 0.3) is 16.9 Å². The van der Waals surface area contributed by atoms with E-state index in [-0.39, 0.29) is 31.9 Å². The zero-order valence-corrected chi connectivity index (χ0v) is 27.2. The first kappa shape index (κ1) is 31.0. The Morgan fingerprint density at radius 1 is 0.911 bits per heavy atom. The molecule has 0 saturated carbocycles. The second-order valence-electron chi connectivity index (χ2n) is 11.5. The Bertz CT molecular complexity index is 1920. The van der Waals surface area contributed by atoms with Crippen molar-refractivity contribution in [2.24, 2.45) is 0 Å². The molecule has 1 aromatic heterocycles. The third-order valence-corrected chi connectivity index (χ3v) is 9.26. The number of halogens is 2. The average molecular weight is 657 g/mol. The Morgan fingerprint density at radius 2 is 1.69 bits per heavy atom. The highest BCUT2D eigenvalue weighted by Crippen LogP contribution is 2.44. The van der Waals surface area contributed by atoms with Gasteiger partial charge < -0.3 is 4.74 Å². The van der Waals surface area contributed by atoms with E-state index in [2.05, 4.69) is 0 Å². The van der Waals surface area contributed by atoms with Crippen molar-refractivity contribution >= 4 is 48.7 Å². The van der Waals surface area contributed by atoms with Crippen molar-refractivity contribution in [1.29, 1.82) is 0 Å². The minimum absolute atomic E-state index is 0. The molecule has 45 heavy (non-hydrogen) atoms. The second kappa shape index (κ2) is 12.4. The van der Waals surface area contributed by atoms with Gasteiger partial charge in [0, 0.05) is 18.4 Å². The van der Waals surface area contributed by atoms with Gasteiger partial charge in [0.15, 0.2) is 0 Å². The maximum Gasteiger partial charge on any atom is 0.417 e. The molecule has 5 aromatic rings. The van der Waals surface area contributed by atoms with Gasteiger partial charge in [-0.1, -0.05) is 101 Å². The van der Waals surface area contributed by atoms with E-state index in [9.17, 15) is 9.59 Å². The van der Waals surface area contributed by atoms with Crippen molar-refractivity contribution in [3.63, 3.8) is 0 Å². The summed E-state index contributed by atoms with van der Waals surface area (Å²) < 4.78 is 7.61. The fourth-order valence-corrected chi connectivity index (χ4v) is 6.66. The summed E-state index contributed by atoms with van der Waals surface area (Å²) in [4.78, 5) is 29.1. The molecular formula is C36H31Cl2N3O3S. The molecule has 3 atom stereocenters. The lowest BCUT2D eigenvalue weighted by molar-refractivity contribution is -0.131. The van der Waals surface area contributed by atoms with E-state index in [1.54, 1.807) is 6.07 Å². The highest BCUT2D eigenvalue weighted by molar-refractivity contribution is 7.59. The van der Waals surface area contributed by atoms with Crippen molar-refractivity contribution in [2.75, 3.05) is 0 Å². The van der Waals surface area contributed by atoms with Crippen molar-refractivity contribution in [3.8, 4) is 16.9 Å². The molecular weight excluding hydrogens is 625 g/mol. The number of hydrogen-bond donors (Lipinski definition) is 0. The molecule has 2 aliphatic rings. The van der Waals surface area contributed by atoms with Crippen LogP contribution in [0.3, 0.4) is 0 Å². The van der Waals surface area contributed by atoms with Crippen LogP contribution >= 0.6 is 36.7 Å². The van der Waals surface area contributed by atoms with Crippen LogP contribution in [0, 0.1) is 13.8 Å². The lowest BCUT2D eigenvalue weighted by Crippen LogP contribution is -2.38. The number of rotatable bonds is 6. The molecule has 7 rings (SSSR count). The predicted octanol–water partition coefficient (Wildman–Crippen LogP) is 8.55. The fourth-order valence-electron chi connectivity index (χ4n) is 6.36. The smallest absolute Gasteiger partial charge is 0.417 e. The van der Waals surface area contributed by atoms with Crippen LogP contribution in [0.4, 0.5) is 4.79 Å². The molecule has 1 aliphatic carbocycles. The first-order valence-electron chi connectivity index (χ1n) is 14.6. The highest BCUT2D eigenvalue weighted by atomic mass is 35.5. The molecule has 9 heteroatoms. The number of imide groups is 1. The molecule has 0 radical (unpaired) electrons. The maximum atomic E-state index is 14.5. The van der Waals surface area contributed by atoms with Crippen molar-refractivity contribution in [2.45, 2.75) is 44.8 Å². The van der Waals surface area contributed by atoms with Crippen LogP contribution < -0.4 is 0 Å². The molecule has 2 heterocycles. The number of carbonyl (C=O) groups excluding carboxylic acids is 2. The summed E-state index contributed by atoms with van der Waals surface area (Å²) in [5.41, 5.74) is 8.25. The van der Waals surface area contributed by atoms with Crippen molar-refractivity contribution in [1.82, 2.24) is 14.7 Å². The Labute approximate surface area is 279 Å². The summed E-state index contributed by atoms with van der Waals surface area (Å²) in [7, 11) is 0. The van der Waals surface area contributed by atoms with Gasteiger partial charge in [0.1, 0.15) is 12.1 Å². The third kappa shape index (κ3) is 5.76. The second-order valence-corrected chi connectivity index (χ2v) is 12.4. The lowest BCUT2D eigenvalue weighted by atomic mass is 9.90. The van der Waals surface area contributed by atoms with E-state index in [1.165, 1.54) is 4.90 Å². The van der Waals surface area contributed by atoms with Gasteiger partial charge in [-0.15, -0.1) is 0 Å². The van der Waals surface area contributed by atoms with E-state index in [1.807, 2.05) is 110 Å². The first-order chi connectivity index (χ1) is 21.3. The summed E-state index contributed by atoms with van der Waals surface area (Å²) in [6, 6.07) is 30.9. The van der Waals surface area contributed by atoms with Crippen LogP contribution in [0.15, 0.2) is 97.1 Å². The fraction of sp³-hybridized carbons (Fsp3) is 0.194. The van der Waals surface area contributed by atoms with E-state index < -0.39 is 18.1 Å². The minimum atomic E-state index is -0.669. The maximum absolute atomic E-state index is 14.5. The number of aryl methyl sites for hydroxylation is 2. The molecule has 6 nitrogen and oxygen atoms in total. The van der Waals surface area contributed by atoms with E-state index in [0.29, 0.717) is 22.2 Å². The van der Waals surface area contributed by atoms with Crippen LogP contribution in [0.2, 0.25) is 10.0 Å². The van der Waals surface area contributed by atoms with Gasteiger partial charge in [-0.05, 0) is 60.9 Å². The van der Waals surface area contributed by atoms with E-state index in [4.69, 9.17) is 33.0 Å². The lowest BCUT2D eigenvalue weighted by Gasteiger charge is -2.25. The quantitative estimate of drug-likeness (QED) is 0.184. The molecule has 228 valence electrons. The SMILES string of the molecule is Cc1ccc(-n2nc(C[C@H](C(=O)N3C(=O)O[C@@H]4Cc5ccccc5[C@@H]43)c3cccc(C)c3)cc2-c2ccc(Cl)c(Cl)c2)cc1.S. The molecule has 1 saturated heterocycles. The van der Waals surface area contributed by atoms with Crippen LogP contribution in [0.5, 0.6) is 0 Å². The number of amides is 2. The van der Waals surface area contributed by atoms with Gasteiger partial charge in [0.2, 0.25) is 5.91 Å². The molecule has 1 aliphatic heterocycles. The summed E-state index contributed by atoms with van der Waals surface area (Å²) in [5.74, 6) is -0.970. The summed E-state index contributed by atoms with van der Waals surface area (Å²) in [6.45, 7) is 4.03. The zero-order chi connectivity index (χ0) is 30.5. The van der Waals surface area contributed by atoms with Crippen molar-refractivity contribution < 1.29 is 14.3 Å². The normalized spacial score (nSPS) is 17.3. The molecule has 4 aromatic carbocycles. The summed E-state index contributed by atoms with van der Waals surface area (Å²) in [5, 5.41) is 5.91. The Balaban J connectivity index is 0.00000357. The number of nitrogens with zero attached hydrogens (tertiary/aromatic N) is 3. The zero-order valence-electron chi connectivity index (χ0n) is 24.7. The average Bonchev–Trinajstić information content (AvgIpc) is 3.68. The number of hydrogen-bond acceptors (Lipinski definition) is 4. The van der Waals surface area contributed by atoms with E-state index >= 15 is 0 Å². The molecule has 1 fully saturated rings. The monoisotopic (exact) mass is 655 g/mol. The van der Waals surface area contributed by atoms with Gasteiger partial charge in [0.25, 0.3) is 0 Å². The van der Waals surface area contributed by atoms with Gasteiger partial charge in [-0.3, -0.25) is 4.79 Å². The number of benzene rings is 4. The first-order valence-corrected chi connectivity index (χ1v) is 15.3. The number of carbonyl (C=O) groups is 2. The Hall–Kier alpha value is -4.04. The van der Waals surface area contributed by atoms with Gasteiger partial charge >= 0.3 is 6.09 Å². The Kier molecular flexibility index (Phi) is 8.53. The van der Waals surface area contributed by atoms with Crippen LogP contribution in [-0.4, -0.2) is 32.8 Å².